The molecule has 39 heavy (non-hydrogen) atoms. The van der Waals surface area contributed by atoms with Crippen LogP contribution in [0.15, 0.2) is 0 Å². The van der Waals surface area contributed by atoms with Crippen molar-refractivity contribution in [3.05, 3.63) is 0 Å². The molecule has 0 aromatic rings. The van der Waals surface area contributed by atoms with Crippen molar-refractivity contribution >= 4 is 11.6 Å². The monoisotopic (exact) mass is 549 g/mol. The first kappa shape index (κ1) is 38.3. The predicted molar refractivity (Wildman–Crippen MR) is 174 cm³/mol. The summed E-state index contributed by atoms with van der Waals surface area (Å²) in [5, 5.41) is 0. The molecule has 2 heteroatoms. The fourth-order valence-electron chi connectivity index (χ4n) is 5.78. The molecule has 232 valence electrons. The van der Waals surface area contributed by atoms with E-state index in [4.69, 9.17) is 0 Å². The van der Waals surface area contributed by atoms with Crippen LogP contribution in [0.3, 0.4) is 0 Å². The fourth-order valence-corrected chi connectivity index (χ4v) is 5.78. The molecule has 0 unspecified atom stereocenters. The molecule has 0 aliphatic carbocycles. The number of hydrogen-bond acceptors (Lipinski definition) is 2. The largest absolute Gasteiger partial charge is 0.299 e. The molecule has 0 aliphatic rings. The number of rotatable bonds is 34. The van der Waals surface area contributed by atoms with Gasteiger partial charge in [0.15, 0.2) is 0 Å². The van der Waals surface area contributed by atoms with Crippen molar-refractivity contribution in [2.45, 2.75) is 226 Å². The Morgan fingerprint density at radius 3 is 0.667 bits per heavy atom. The van der Waals surface area contributed by atoms with E-state index in [2.05, 4.69) is 13.8 Å². The van der Waals surface area contributed by atoms with Crippen LogP contribution in [0, 0.1) is 0 Å². The molecule has 0 saturated heterocycles. The van der Waals surface area contributed by atoms with Gasteiger partial charge in [0.25, 0.3) is 0 Å². The summed E-state index contributed by atoms with van der Waals surface area (Å²) in [7, 11) is 0. The average Bonchev–Trinajstić information content (AvgIpc) is 2.93. The third-order valence-corrected chi connectivity index (χ3v) is 8.51. The van der Waals surface area contributed by atoms with Gasteiger partial charge in [-0.15, -0.1) is 0 Å². The first-order valence-electron chi connectivity index (χ1n) is 18.2. The highest BCUT2D eigenvalue weighted by molar-refractivity contribution is 5.98. The Hall–Kier alpha value is -0.660. The summed E-state index contributed by atoms with van der Waals surface area (Å²) in [4.78, 5) is 24.2. The molecule has 0 aromatic carbocycles. The maximum Gasteiger partial charge on any atom is 0.140 e. The van der Waals surface area contributed by atoms with Gasteiger partial charge in [0.1, 0.15) is 11.6 Å². The van der Waals surface area contributed by atoms with Gasteiger partial charge in [-0.05, 0) is 12.8 Å². The van der Waals surface area contributed by atoms with Crippen molar-refractivity contribution in [2.75, 3.05) is 0 Å². The molecular weight excluding hydrogens is 476 g/mol. The number of hydrogen-bond donors (Lipinski definition) is 0. The molecule has 0 amide bonds. The van der Waals surface area contributed by atoms with E-state index < -0.39 is 0 Å². The van der Waals surface area contributed by atoms with Crippen molar-refractivity contribution in [1.82, 2.24) is 0 Å². The van der Waals surface area contributed by atoms with Gasteiger partial charge < -0.3 is 0 Å². The second-order valence-corrected chi connectivity index (χ2v) is 12.7. The third-order valence-electron chi connectivity index (χ3n) is 8.51. The minimum atomic E-state index is 0.175. The number of carbonyl (C=O) groups is 2. The lowest BCUT2D eigenvalue weighted by molar-refractivity contribution is -0.127. The quantitative estimate of drug-likeness (QED) is 0.0592. The second kappa shape index (κ2) is 33.5. The van der Waals surface area contributed by atoms with Crippen LogP contribution < -0.4 is 0 Å². The van der Waals surface area contributed by atoms with E-state index in [9.17, 15) is 9.59 Å². The number of carbonyl (C=O) groups excluding carboxylic acids is 2. The molecule has 0 heterocycles. The smallest absolute Gasteiger partial charge is 0.140 e. The highest BCUT2D eigenvalue weighted by Gasteiger charge is 2.09. The van der Waals surface area contributed by atoms with Gasteiger partial charge in [0, 0.05) is 12.8 Å². The van der Waals surface area contributed by atoms with Gasteiger partial charge >= 0.3 is 0 Å². The standard InChI is InChI=1S/C37H72O2/c1-3-5-7-9-11-13-15-16-17-18-19-20-21-22-24-26-28-30-32-34-37(39)35-36(38)33-31-29-27-25-23-14-12-10-8-6-4-2/h3-35H2,1-2H3. The normalized spacial score (nSPS) is 11.3. The lowest BCUT2D eigenvalue weighted by Crippen LogP contribution is -2.07. The highest BCUT2D eigenvalue weighted by atomic mass is 16.1. The van der Waals surface area contributed by atoms with Crippen LogP contribution in [0.4, 0.5) is 0 Å². The van der Waals surface area contributed by atoms with E-state index >= 15 is 0 Å². The van der Waals surface area contributed by atoms with Gasteiger partial charge in [-0.2, -0.15) is 0 Å². The van der Waals surface area contributed by atoms with Crippen molar-refractivity contribution in [3.8, 4) is 0 Å². The van der Waals surface area contributed by atoms with Gasteiger partial charge in [-0.25, -0.2) is 0 Å². The Morgan fingerprint density at radius 2 is 0.462 bits per heavy atom. The van der Waals surface area contributed by atoms with Crippen molar-refractivity contribution in [3.63, 3.8) is 0 Å². The number of Topliss-reactive ketones (excluding diaryl/α,β-unsaturated/α-hetero) is 2. The Balaban J connectivity index is 3.26. The summed E-state index contributed by atoms with van der Waals surface area (Å²) in [5.74, 6) is 0.351. The van der Waals surface area contributed by atoms with Gasteiger partial charge in [-0.3, -0.25) is 9.59 Å². The molecule has 0 spiro atoms. The Labute approximate surface area is 246 Å². The molecule has 0 saturated carbocycles. The van der Waals surface area contributed by atoms with E-state index in [0.717, 1.165) is 25.7 Å². The molecule has 0 rings (SSSR count). The maximum atomic E-state index is 12.1. The van der Waals surface area contributed by atoms with E-state index in [1.165, 1.54) is 167 Å². The van der Waals surface area contributed by atoms with E-state index in [0.29, 0.717) is 12.8 Å². The van der Waals surface area contributed by atoms with Gasteiger partial charge in [0.2, 0.25) is 0 Å². The predicted octanol–water partition coefficient (Wildman–Crippen LogP) is 13.0. The van der Waals surface area contributed by atoms with E-state index in [1.54, 1.807) is 0 Å². The van der Waals surface area contributed by atoms with Gasteiger partial charge in [-0.1, -0.05) is 194 Å². The van der Waals surface area contributed by atoms with Crippen molar-refractivity contribution in [2.24, 2.45) is 0 Å². The molecule has 0 N–H and O–H groups in total. The number of ketones is 2. The summed E-state index contributed by atoms with van der Waals surface area (Å²) in [6.45, 7) is 4.56. The minimum absolute atomic E-state index is 0.175. The van der Waals surface area contributed by atoms with E-state index in [1.807, 2.05) is 0 Å². The lowest BCUT2D eigenvalue weighted by Gasteiger charge is -2.04. The summed E-state index contributed by atoms with van der Waals surface area (Å²) in [5.41, 5.74) is 0. The highest BCUT2D eigenvalue weighted by Crippen LogP contribution is 2.16. The summed E-state index contributed by atoms with van der Waals surface area (Å²) in [6, 6.07) is 0. The molecular formula is C37H72O2. The molecule has 0 atom stereocenters. The fraction of sp³-hybridized carbons (Fsp3) is 0.946. The minimum Gasteiger partial charge on any atom is -0.299 e. The topological polar surface area (TPSA) is 34.1 Å². The van der Waals surface area contributed by atoms with Gasteiger partial charge in [0.05, 0.1) is 6.42 Å². The summed E-state index contributed by atoms with van der Waals surface area (Å²) in [6.07, 6.45) is 41.7. The zero-order chi connectivity index (χ0) is 28.5. The zero-order valence-corrected chi connectivity index (χ0v) is 27.2. The van der Waals surface area contributed by atoms with Crippen LogP contribution in [-0.2, 0) is 9.59 Å². The molecule has 0 aromatic heterocycles. The Morgan fingerprint density at radius 1 is 0.282 bits per heavy atom. The maximum absolute atomic E-state index is 12.1. The first-order valence-corrected chi connectivity index (χ1v) is 18.2. The van der Waals surface area contributed by atoms with Crippen LogP contribution in [0.5, 0.6) is 0 Å². The molecule has 0 bridgehead atoms. The second-order valence-electron chi connectivity index (χ2n) is 12.7. The Kier molecular flexibility index (Phi) is 33.0. The van der Waals surface area contributed by atoms with Crippen LogP contribution in [-0.4, -0.2) is 11.6 Å². The SMILES string of the molecule is CCCCCCCCCCCCCCCCCCCCCC(=O)CC(=O)CCCCCCCCCCCCC. The summed E-state index contributed by atoms with van der Waals surface area (Å²) >= 11 is 0. The molecule has 2 nitrogen and oxygen atoms in total. The van der Waals surface area contributed by atoms with Crippen LogP contribution in [0.1, 0.15) is 226 Å². The van der Waals surface area contributed by atoms with Crippen LogP contribution in [0.25, 0.3) is 0 Å². The third kappa shape index (κ3) is 33.4. The average molecular weight is 549 g/mol. The first-order chi connectivity index (χ1) is 19.2. The molecule has 0 radical (unpaired) electrons. The van der Waals surface area contributed by atoms with E-state index in [-0.39, 0.29) is 18.0 Å². The van der Waals surface area contributed by atoms with Crippen molar-refractivity contribution < 1.29 is 9.59 Å². The van der Waals surface area contributed by atoms with Crippen molar-refractivity contribution in [1.29, 1.82) is 0 Å². The zero-order valence-electron chi connectivity index (χ0n) is 27.2. The molecule has 0 fully saturated rings. The lowest BCUT2D eigenvalue weighted by atomic mass is 10.0. The molecule has 0 aliphatic heterocycles. The van der Waals surface area contributed by atoms with Crippen LogP contribution in [0.2, 0.25) is 0 Å². The Bertz CT molecular complexity index is 498. The summed E-state index contributed by atoms with van der Waals surface area (Å²) < 4.78 is 0. The van der Waals surface area contributed by atoms with Crippen LogP contribution >= 0.6 is 0 Å². The number of unbranched alkanes of at least 4 members (excludes halogenated alkanes) is 28.